The molecular weight excluding hydrogens is 268 g/mol. The first-order chi connectivity index (χ1) is 8.87. The maximum absolute atomic E-state index is 12.0. The molecule has 106 valence electrons. The Hall–Kier alpha value is -1.47. The third-order valence-corrected chi connectivity index (χ3v) is 3.50. The molecule has 0 saturated heterocycles. The predicted molar refractivity (Wildman–Crippen MR) is 68.6 cm³/mol. The van der Waals surface area contributed by atoms with Crippen molar-refractivity contribution in [2.75, 3.05) is 18.8 Å². The average Bonchev–Trinajstić information content (AvgIpc) is 2.37. The molecule has 0 atom stereocenters. The third kappa shape index (κ3) is 4.96. The van der Waals surface area contributed by atoms with Crippen LogP contribution >= 0.6 is 0 Å². The first kappa shape index (κ1) is 15.6. The fraction of sp³-hybridized carbons (Fsp3) is 0.500. The predicted octanol–water partition coefficient (Wildman–Crippen LogP) is 0.372. The second-order valence-corrected chi connectivity index (χ2v) is 5.60. The highest BCUT2D eigenvalue weighted by Crippen LogP contribution is 1.99. The summed E-state index contributed by atoms with van der Waals surface area (Å²) in [5.74, 6) is -0.430. The number of nitrogens with zero attached hydrogens (tertiary/aromatic N) is 2. The van der Waals surface area contributed by atoms with Crippen LogP contribution in [0.4, 0.5) is 4.79 Å². The molecular formula is C12H18N2O4S. The van der Waals surface area contributed by atoms with Crippen LogP contribution in [-0.2, 0) is 16.5 Å². The van der Waals surface area contributed by atoms with Crippen LogP contribution < -0.4 is 4.57 Å². The van der Waals surface area contributed by atoms with E-state index in [2.05, 4.69) is 0 Å². The molecule has 0 aromatic carbocycles. The Morgan fingerprint density at radius 1 is 1.26 bits per heavy atom. The van der Waals surface area contributed by atoms with Crippen molar-refractivity contribution in [1.82, 2.24) is 4.90 Å². The minimum absolute atomic E-state index is 0.131. The van der Waals surface area contributed by atoms with Crippen molar-refractivity contribution in [1.29, 1.82) is 0 Å². The zero-order valence-corrected chi connectivity index (χ0v) is 11.9. The van der Waals surface area contributed by atoms with Gasteiger partial charge in [0.2, 0.25) is 0 Å². The van der Waals surface area contributed by atoms with Gasteiger partial charge in [-0.15, -0.1) is 0 Å². The van der Waals surface area contributed by atoms with Crippen molar-refractivity contribution in [3.05, 3.63) is 30.1 Å². The molecule has 6 nitrogen and oxygen atoms in total. The van der Waals surface area contributed by atoms with Crippen LogP contribution in [-0.4, -0.2) is 42.7 Å². The van der Waals surface area contributed by atoms with Crippen LogP contribution in [0.25, 0.3) is 0 Å². The molecule has 1 aromatic heterocycles. The molecule has 1 heterocycles. The average molecular weight is 286 g/mol. The fourth-order valence-electron chi connectivity index (χ4n) is 1.65. The van der Waals surface area contributed by atoms with Crippen molar-refractivity contribution in [2.45, 2.75) is 20.3 Å². The zero-order valence-electron chi connectivity index (χ0n) is 11.1. The number of hydrogen-bond donors (Lipinski definition) is 0. The lowest BCUT2D eigenvalue weighted by atomic mass is 10.2. The number of aryl methyl sites for hydroxylation is 1. The van der Waals surface area contributed by atoms with Gasteiger partial charge in [-0.3, -0.25) is 0 Å². The van der Waals surface area contributed by atoms with Crippen molar-refractivity contribution in [2.24, 2.45) is 0 Å². The normalized spacial score (nSPS) is 11.3. The summed E-state index contributed by atoms with van der Waals surface area (Å²) in [7, 11) is -4.20. The fourth-order valence-corrected chi connectivity index (χ4v) is 2.14. The molecule has 0 aliphatic heterocycles. The Labute approximate surface area is 113 Å². The molecule has 1 aromatic rings. The van der Waals surface area contributed by atoms with Gasteiger partial charge in [0.25, 0.3) is 0 Å². The van der Waals surface area contributed by atoms with Crippen LogP contribution in [0.15, 0.2) is 24.5 Å². The van der Waals surface area contributed by atoms with Crippen molar-refractivity contribution < 1.29 is 22.3 Å². The van der Waals surface area contributed by atoms with Crippen molar-refractivity contribution in [3.8, 4) is 0 Å². The molecule has 1 amide bonds. The van der Waals surface area contributed by atoms with Crippen molar-refractivity contribution >= 4 is 16.1 Å². The highest BCUT2D eigenvalue weighted by molar-refractivity contribution is 7.85. The number of carbonyl (C=O) groups excluding carboxylic acids is 1. The van der Waals surface area contributed by atoms with Gasteiger partial charge in [0.1, 0.15) is 0 Å². The zero-order chi connectivity index (χ0) is 14.5. The van der Waals surface area contributed by atoms with Gasteiger partial charge in [-0.1, -0.05) is 0 Å². The molecule has 0 unspecified atom stereocenters. The topological polar surface area (TPSA) is 81.4 Å². The van der Waals surface area contributed by atoms with Gasteiger partial charge in [0.15, 0.2) is 0 Å². The number of carbonyl (C=O) groups is 1. The molecule has 0 spiro atoms. The van der Waals surface area contributed by atoms with Gasteiger partial charge < -0.3 is 4.55 Å². The Bertz CT molecular complexity index is 521. The maximum atomic E-state index is 12.0. The molecule has 0 aliphatic rings. The monoisotopic (exact) mass is 286 g/mol. The van der Waals surface area contributed by atoms with Crippen LogP contribution in [0.3, 0.4) is 0 Å². The minimum atomic E-state index is -4.20. The van der Waals surface area contributed by atoms with E-state index in [0.29, 0.717) is 18.7 Å². The summed E-state index contributed by atoms with van der Waals surface area (Å²) >= 11 is 0. The molecule has 0 bridgehead atoms. The van der Waals surface area contributed by atoms with Gasteiger partial charge in [-0.25, -0.2) is 13.3 Å². The molecule has 0 radical (unpaired) electrons. The summed E-state index contributed by atoms with van der Waals surface area (Å²) in [6.07, 6.45) is 3.31. The Kier molecular flexibility index (Phi) is 5.44. The van der Waals surface area contributed by atoms with Gasteiger partial charge in [0.05, 0.1) is 35.6 Å². The van der Waals surface area contributed by atoms with E-state index in [4.69, 9.17) is 0 Å². The number of hydrogen-bond acceptors (Lipinski definition) is 4. The lowest BCUT2D eigenvalue weighted by molar-refractivity contribution is -0.578. The molecule has 0 saturated carbocycles. The summed E-state index contributed by atoms with van der Waals surface area (Å²) < 4.78 is 33.0. The van der Waals surface area contributed by atoms with E-state index in [0.717, 1.165) is 0 Å². The second-order valence-electron chi connectivity index (χ2n) is 4.08. The lowest BCUT2D eigenvalue weighted by Gasteiger charge is -2.11. The molecule has 0 N–H and O–H groups in total. The number of rotatable bonds is 5. The van der Waals surface area contributed by atoms with Crippen molar-refractivity contribution in [3.63, 3.8) is 0 Å². The second kappa shape index (κ2) is 6.63. The highest BCUT2D eigenvalue weighted by atomic mass is 32.2. The quantitative estimate of drug-likeness (QED) is 0.578. The Balaban J connectivity index is 2.73. The first-order valence-electron chi connectivity index (χ1n) is 6.10. The number of amides is 1. The molecule has 0 aliphatic carbocycles. The smallest absolute Gasteiger partial charge is 0.497 e. The summed E-state index contributed by atoms with van der Waals surface area (Å²) in [4.78, 5) is 13.6. The molecule has 1 rings (SSSR count). The summed E-state index contributed by atoms with van der Waals surface area (Å²) in [6.45, 7) is 5.04. The van der Waals surface area contributed by atoms with E-state index < -0.39 is 15.9 Å². The summed E-state index contributed by atoms with van der Waals surface area (Å²) in [6, 6.07) is 3.16. The van der Waals surface area contributed by atoms with E-state index in [1.807, 2.05) is 13.8 Å². The van der Waals surface area contributed by atoms with E-state index in [-0.39, 0.29) is 12.5 Å². The van der Waals surface area contributed by atoms with Crippen LogP contribution in [0.5, 0.6) is 0 Å². The van der Waals surface area contributed by atoms with E-state index >= 15 is 0 Å². The Morgan fingerprint density at radius 3 is 2.21 bits per heavy atom. The van der Waals surface area contributed by atoms with Gasteiger partial charge in [0, 0.05) is 5.75 Å². The molecule has 19 heavy (non-hydrogen) atoms. The van der Waals surface area contributed by atoms with E-state index in [9.17, 15) is 17.8 Å². The van der Waals surface area contributed by atoms with E-state index in [1.165, 1.54) is 4.57 Å². The summed E-state index contributed by atoms with van der Waals surface area (Å²) in [5.41, 5.74) is 0.711. The number of pyridine rings is 1. The minimum Gasteiger partial charge on any atom is -0.748 e. The van der Waals surface area contributed by atoms with Gasteiger partial charge >= 0.3 is 6.03 Å². The van der Waals surface area contributed by atoms with Gasteiger partial charge in [-0.2, -0.15) is 9.36 Å². The highest BCUT2D eigenvalue weighted by Gasteiger charge is 2.20. The maximum Gasteiger partial charge on any atom is 0.497 e. The standard InChI is InChI=1S/C12H18N2O4S/c1-3-13(4-2)12(15)14-8-5-11(6-9-14)7-10-19(16,17)18/h5-6,8-9H,3-4,7,10H2,1-2H3. The molecule has 0 fully saturated rings. The molecule has 7 heteroatoms. The first-order valence-corrected chi connectivity index (χ1v) is 7.68. The third-order valence-electron chi connectivity index (χ3n) is 2.79. The SMILES string of the molecule is CCN(CC)C(=O)[n+]1ccc(CCS(=O)(=O)[O-])cc1. The van der Waals surface area contributed by atoms with E-state index in [1.54, 1.807) is 29.4 Å². The van der Waals surface area contributed by atoms with Crippen LogP contribution in [0.2, 0.25) is 0 Å². The Morgan fingerprint density at radius 2 is 1.79 bits per heavy atom. The van der Waals surface area contributed by atoms with Crippen LogP contribution in [0.1, 0.15) is 19.4 Å². The van der Waals surface area contributed by atoms with Crippen LogP contribution in [0, 0.1) is 0 Å². The number of aromatic nitrogens is 1. The largest absolute Gasteiger partial charge is 0.748 e. The summed E-state index contributed by atoms with van der Waals surface area (Å²) in [5, 5.41) is 0. The lowest BCUT2D eigenvalue weighted by Crippen LogP contribution is -2.51. The van der Waals surface area contributed by atoms with Gasteiger partial charge in [-0.05, 0) is 38.0 Å².